The van der Waals surface area contributed by atoms with E-state index in [2.05, 4.69) is 20.8 Å². The van der Waals surface area contributed by atoms with E-state index >= 15 is 0 Å². The zero-order valence-electron chi connectivity index (χ0n) is 12.7. The topological polar surface area (TPSA) is 92.9 Å². The number of halogens is 2. The summed E-state index contributed by atoms with van der Waals surface area (Å²) < 4.78 is 14.8. The zero-order valence-corrected chi connectivity index (χ0v) is 13.5. The van der Waals surface area contributed by atoms with Gasteiger partial charge >= 0.3 is 0 Å². The maximum absolute atomic E-state index is 13.4. The number of aliphatic hydroxyl groups excluding tert-OH is 1. The quantitative estimate of drug-likeness (QED) is 0.829. The third kappa shape index (κ3) is 4.46. The lowest BCUT2D eigenvalue weighted by molar-refractivity contribution is -0.122. The number of rotatable bonds is 6. The van der Waals surface area contributed by atoms with Crippen LogP contribution in [0.2, 0.25) is 5.02 Å². The van der Waals surface area contributed by atoms with E-state index in [9.17, 15) is 14.3 Å². The molecule has 1 atom stereocenters. The van der Waals surface area contributed by atoms with Crippen LogP contribution in [0, 0.1) is 5.82 Å². The van der Waals surface area contributed by atoms with E-state index < -0.39 is 11.9 Å². The molecule has 1 amide bonds. The minimum atomic E-state index is -1.04. The molecule has 0 radical (unpaired) electrons. The highest BCUT2D eigenvalue weighted by molar-refractivity contribution is 6.30. The SMILES string of the molecule is CC(C)c1nnnn1CC(=O)NCC(O)c1ccc(Cl)c(F)c1. The van der Waals surface area contributed by atoms with Gasteiger partial charge in [0.25, 0.3) is 0 Å². The average Bonchev–Trinajstić information content (AvgIpc) is 2.96. The van der Waals surface area contributed by atoms with Crippen LogP contribution in [-0.4, -0.2) is 37.8 Å². The van der Waals surface area contributed by atoms with Gasteiger partial charge in [-0.15, -0.1) is 5.10 Å². The monoisotopic (exact) mass is 341 g/mol. The molecule has 2 aromatic rings. The number of hydrogen-bond donors (Lipinski definition) is 2. The molecule has 1 aromatic carbocycles. The van der Waals surface area contributed by atoms with Gasteiger partial charge < -0.3 is 10.4 Å². The summed E-state index contributed by atoms with van der Waals surface area (Å²) in [6.07, 6.45) is -1.04. The second-order valence-corrected chi connectivity index (χ2v) is 5.75. The summed E-state index contributed by atoms with van der Waals surface area (Å²) in [4.78, 5) is 11.9. The first-order chi connectivity index (χ1) is 10.9. The molecule has 0 aliphatic heterocycles. The number of hydrogen-bond acceptors (Lipinski definition) is 5. The maximum atomic E-state index is 13.4. The van der Waals surface area contributed by atoms with Gasteiger partial charge in [0.1, 0.15) is 12.4 Å². The van der Waals surface area contributed by atoms with Crippen LogP contribution >= 0.6 is 11.6 Å². The number of tetrazole rings is 1. The predicted octanol–water partition coefficient (Wildman–Crippen LogP) is 1.44. The lowest BCUT2D eigenvalue weighted by atomic mass is 10.1. The molecule has 1 aromatic heterocycles. The van der Waals surface area contributed by atoms with Crippen LogP contribution in [0.3, 0.4) is 0 Å². The number of carbonyl (C=O) groups is 1. The zero-order chi connectivity index (χ0) is 17.0. The van der Waals surface area contributed by atoms with Crippen LogP contribution < -0.4 is 5.32 Å². The van der Waals surface area contributed by atoms with Crippen molar-refractivity contribution in [2.24, 2.45) is 0 Å². The maximum Gasteiger partial charge on any atom is 0.241 e. The van der Waals surface area contributed by atoms with Gasteiger partial charge in [-0.3, -0.25) is 4.79 Å². The fourth-order valence-electron chi connectivity index (χ4n) is 1.98. The average molecular weight is 342 g/mol. The lowest BCUT2D eigenvalue weighted by Crippen LogP contribution is -2.32. The third-order valence-corrected chi connectivity index (χ3v) is 3.50. The van der Waals surface area contributed by atoms with Gasteiger partial charge in [0.05, 0.1) is 11.1 Å². The van der Waals surface area contributed by atoms with Crippen molar-refractivity contribution in [2.75, 3.05) is 6.54 Å². The summed E-state index contributed by atoms with van der Waals surface area (Å²) in [5.74, 6) is -0.293. The van der Waals surface area contributed by atoms with Crippen molar-refractivity contribution in [3.05, 3.63) is 40.4 Å². The van der Waals surface area contributed by atoms with Crippen molar-refractivity contribution in [3.8, 4) is 0 Å². The fourth-order valence-corrected chi connectivity index (χ4v) is 2.10. The number of carbonyl (C=O) groups excluding carboxylic acids is 1. The van der Waals surface area contributed by atoms with Crippen molar-refractivity contribution in [2.45, 2.75) is 32.4 Å². The molecule has 23 heavy (non-hydrogen) atoms. The number of nitrogens with one attached hydrogen (secondary N) is 1. The number of nitrogens with zero attached hydrogens (tertiary/aromatic N) is 4. The number of aliphatic hydroxyl groups is 1. The van der Waals surface area contributed by atoms with Gasteiger partial charge in [-0.05, 0) is 28.1 Å². The largest absolute Gasteiger partial charge is 0.387 e. The van der Waals surface area contributed by atoms with Gasteiger partial charge in [-0.25, -0.2) is 9.07 Å². The van der Waals surface area contributed by atoms with Crippen LogP contribution in [0.25, 0.3) is 0 Å². The first-order valence-corrected chi connectivity index (χ1v) is 7.42. The summed E-state index contributed by atoms with van der Waals surface area (Å²) in [5, 5.41) is 23.7. The van der Waals surface area contributed by atoms with E-state index in [-0.39, 0.29) is 29.9 Å². The summed E-state index contributed by atoms with van der Waals surface area (Å²) in [7, 11) is 0. The molecular formula is C14H17ClFN5O2. The summed E-state index contributed by atoms with van der Waals surface area (Å²) in [6, 6.07) is 3.99. The molecule has 0 bridgehead atoms. The molecule has 0 aliphatic carbocycles. The van der Waals surface area contributed by atoms with E-state index in [0.29, 0.717) is 11.4 Å². The molecule has 1 unspecified atom stereocenters. The third-order valence-electron chi connectivity index (χ3n) is 3.19. The van der Waals surface area contributed by atoms with Crippen molar-refractivity contribution >= 4 is 17.5 Å². The molecule has 9 heteroatoms. The molecule has 1 heterocycles. The molecule has 0 saturated carbocycles. The van der Waals surface area contributed by atoms with Crippen molar-refractivity contribution in [1.82, 2.24) is 25.5 Å². The Balaban J connectivity index is 1.91. The Hall–Kier alpha value is -2.06. The second-order valence-electron chi connectivity index (χ2n) is 5.34. The molecule has 0 spiro atoms. The van der Waals surface area contributed by atoms with Crippen molar-refractivity contribution in [3.63, 3.8) is 0 Å². The van der Waals surface area contributed by atoms with Crippen molar-refractivity contribution < 1.29 is 14.3 Å². The van der Waals surface area contributed by atoms with E-state index in [4.69, 9.17) is 11.6 Å². The van der Waals surface area contributed by atoms with Crippen LogP contribution in [0.4, 0.5) is 4.39 Å². The van der Waals surface area contributed by atoms with Crippen LogP contribution in [-0.2, 0) is 11.3 Å². The Kier molecular flexibility index (Phi) is 5.62. The van der Waals surface area contributed by atoms with E-state index in [1.165, 1.54) is 16.8 Å². The Labute approximate surface area is 137 Å². The minimum absolute atomic E-state index is 0.0233. The van der Waals surface area contributed by atoms with Crippen LogP contribution in [0.15, 0.2) is 18.2 Å². The Morgan fingerprint density at radius 1 is 1.48 bits per heavy atom. The van der Waals surface area contributed by atoms with E-state index in [0.717, 1.165) is 6.07 Å². The van der Waals surface area contributed by atoms with Gasteiger partial charge in [-0.1, -0.05) is 31.5 Å². The Morgan fingerprint density at radius 2 is 2.22 bits per heavy atom. The predicted molar refractivity (Wildman–Crippen MR) is 81.3 cm³/mol. The highest BCUT2D eigenvalue weighted by atomic mass is 35.5. The highest BCUT2D eigenvalue weighted by Gasteiger charge is 2.15. The molecule has 0 fully saturated rings. The molecule has 2 rings (SSSR count). The smallest absolute Gasteiger partial charge is 0.241 e. The minimum Gasteiger partial charge on any atom is -0.387 e. The van der Waals surface area contributed by atoms with Gasteiger partial charge in [-0.2, -0.15) is 0 Å². The van der Waals surface area contributed by atoms with E-state index in [1.807, 2.05) is 13.8 Å². The number of benzene rings is 1. The molecule has 0 saturated heterocycles. The molecule has 7 nitrogen and oxygen atoms in total. The van der Waals surface area contributed by atoms with Crippen LogP contribution in [0.1, 0.15) is 37.3 Å². The normalized spacial score (nSPS) is 12.4. The van der Waals surface area contributed by atoms with Gasteiger partial charge in [0.2, 0.25) is 5.91 Å². The van der Waals surface area contributed by atoms with Gasteiger partial charge in [0.15, 0.2) is 5.82 Å². The first kappa shape index (κ1) is 17.3. The molecule has 0 aliphatic rings. The Morgan fingerprint density at radius 3 is 2.87 bits per heavy atom. The van der Waals surface area contributed by atoms with Crippen LogP contribution in [0.5, 0.6) is 0 Å². The summed E-state index contributed by atoms with van der Waals surface area (Å²) in [6.45, 7) is 3.72. The number of aromatic nitrogens is 4. The fraction of sp³-hybridized carbons (Fsp3) is 0.429. The van der Waals surface area contributed by atoms with E-state index in [1.54, 1.807) is 0 Å². The lowest BCUT2D eigenvalue weighted by Gasteiger charge is -2.13. The number of amides is 1. The highest BCUT2D eigenvalue weighted by Crippen LogP contribution is 2.19. The second kappa shape index (κ2) is 7.47. The first-order valence-electron chi connectivity index (χ1n) is 7.04. The summed E-state index contributed by atoms with van der Waals surface area (Å²) in [5.41, 5.74) is 0.331. The molecular weight excluding hydrogens is 325 g/mol. The molecule has 124 valence electrons. The van der Waals surface area contributed by atoms with Gasteiger partial charge in [0, 0.05) is 12.5 Å². The Bertz CT molecular complexity index is 692. The summed E-state index contributed by atoms with van der Waals surface area (Å²) >= 11 is 5.58. The van der Waals surface area contributed by atoms with Crippen molar-refractivity contribution in [1.29, 1.82) is 0 Å². The standard InChI is InChI=1S/C14H17ClFN5O2/c1-8(2)14-18-19-20-21(14)7-13(23)17-6-12(22)9-3-4-10(15)11(16)5-9/h3-5,8,12,22H,6-7H2,1-2H3,(H,17,23). The molecule has 2 N–H and O–H groups in total.